The number of hydrogen-bond donors (Lipinski definition) is 0. The number of amides is 1. The van der Waals surface area contributed by atoms with Crippen LogP contribution in [0.2, 0.25) is 0 Å². The van der Waals surface area contributed by atoms with Crippen molar-refractivity contribution in [1.29, 1.82) is 0 Å². The van der Waals surface area contributed by atoms with E-state index in [4.69, 9.17) is 0 Å². The summed E-state index contributed by atoms with van der Waals surface area (Å²) < 4.78 is 0. The lowest BCUT2D eigenvalue weighted by atomic mass is 10.0. The van der Waals surface area contributed by atoms with Crippen LogP contribution in [-0.2, 0) is 17.6 Å². The van der Waals surface area contributed by atoms with Gasteiger partial charge in [-0.3, -0.25) is 9.59 Å². The van der Waals surface area contributed by atoms with Crippen molar-refractivity contribution in [1.82, 2.24) is 14.9 Å². The lowest BCUT2D eigenvalue weighted by Gasteiger charge is -2.34. The molecule has 30 heavy (non-hydrogen) atoms. The van der Waals surface area contributed by atoms with Gasteiger partial charge in [-0.25, -0.2) is 9.97 Å². The van der Waals surface area contributed by atoms with Crippen molar-refractivity contribution in [2.75, 3.05) is 31.1 Å². The number of carbonyl (C=O) groups excluding carboxylic acids is 2. The van der Waals surface area contributed by atoms with Crippen LogP contribution in [0.1, 0.15) is 40.7 Å². The van der Waals surface area contributed by atoms with Gasteiger partial charge in [-0.05, 0) is 48.6 Å². The number of pyridine rings is 1. The van der Waals surface area contributed by atoms with Gasteiger partial charge in [-0.15, -0.1) is 0 Å². The smallest absolute Gasteiger partial charge is 0.223 e. The van der Waals surface area contributed by atoms with Crippen LogP contribution in [0.4, 0.5) is 5.13 Å². The minimum absolute atomic E-state index is 0.0649. The average molecular weight is 421 g/mol. The lowest BCUT2D eigenvalue weighted by Crippen LogP contribution is -2.48. The quantitative estimate of drug-likeness (QED) is 0.591. The number of nitrogens with zero attached hydrogens (tertiary/aromatic N) is 4. The second-order valence-electron chi connectivity index (χ2n) is 7.95. The highest BCUT2D eigenvalue weighted by atomic mass is 32.1. The number of thiazole rings is 1. The van der Waals surface area contributed by atoms with Crippen LogP contribution in [0.25, 0.3) is 10.3 Å². The van der Waals surface area contributed by atoms with Crippen molar-refractivity contribution in [3.63, 3.8) is 0 Å². The number of aryl methyl sites for hydroxylation is 2. The Hall–Kier alpha value is -2.80. The molecule has 1 aromatic carbocycles. The van der Waals surface area contributed by atoms with E-state index >= 15 is 0 Å². The third-order valence-corrected chi connectivity index (χ3v) is 7.08. The van der Waals surface area contributed by atoms with Gasteiger partial charge in [0, 0.05) is 50.8 Å². The summed E-state index contributed by atoms with van der Waals surface area (Å²) in [6.45, 7) is 2.83. The summed E-state index contributed by atoms with van der Waals surface area (Å²) in [7, 11) is 0. The maximum atomic E-state index is 12.6. The molecule has 6 nitrogen and oxygen atoms in total. The van der Waals surface area contributed by atoms with Gasteiger partial charge in [0.05, 0.1) is 0 Å². The largest absolute Gasteiger partial charge is 0.344 e. The van der Waals surface area contributed by atoms with E-state index in [-0.39, 0.29) is 24.5 Å². The van der Waals surface area contributed by atoms with Crippen molar-refractivity contribution in [3.05, 3.63) is 53.2 Å². The van der Waals surface area contributed by atoms with Crippen molar-refractivity contribution >= 4 is 38.5 Å². The van der Waals surface area contributed by atoms with Crippen molar-refractivity contribution in [2.45, 2.75) is 32.1 Å². The molecule has 3 aromatic rings. The molecule has 0 bridgehead atoms. The van der Waals surface area contributed by atoms with E-state index in [9.17, 15) is 9.59 Å². The van der Waals surface area contributed by atoms with Gasteiger partial charge in [0.25, 0.3) is 0 Å². The van der Waals surface area contributed by atoms with Crippen molar-refractivity contribution in [3.8, 4) is 0 Å². The normalized spacial score (nSPS) is 16.1. The molecule has 0 N–H and O–H groups in total. The fourth-order valence-electron chi connectivity index (χ4n) is 4.31. The molecule has 2 aromatic heterocycles. The van der Waals surface area contributed by atoms with Gasteiger partial charge in [-0.1, -0.05) is 23.5 Å². The summed E-state index contributed by atoms with van der Waals surface area (Å²) in [6, 6.07) is 9.89. The summed E-state index contributed by atoms with van der Waals surface area (Å²) in [5.41, 5.74) is 4.33. The first-order valence-electron chi connectivity index (χ1n) is 10.6. The summed E-state index contributed by atoms with van der Waals surface area (Å²) >= 11 is 1.59. The minimum Gasteiger partial charge on any atom is -0.344 e. The van der Waals surface area contributed by atoms with Gasteiger partial charge in [0.15, 0.2) is 10.9 Å². The zero-order valence-corrected chi connectivity index (χ0v) is 17.7. The molecule has 0 atom stereocenters. The highest BCUT2D eigenvalue weighted by molar-refractivity contribution is 7.21. The predicted molar refractivity (Wildman–Crippen MR) is 118 cm³/mol. The van der Waals surface area contributed by atoms with E-state index in [1.165, 1.54) is 17.5 Å². The molecule has 0 unspecified atom stereocenters. The first-order valence-corrected chi connectivity index (χ1v) is 11.4. The zero-order valence-electron chi connectivity index (χ0n) is 16.8. The number of fused-ring (bicyclic) bond motifs is 2. The average Bonchev–Trinajstić information content (AvgIpc) is 3.43. The third kappa shape index (κ3) is 3.81. The number of Topliss-reactive ketones (excluding diaryl/α,β-unsaturated/α-hetero) is 1. The molecule has 5 rings (SSSR count). The molecule has 1 saturated heterocycles. The Morgan fingerprint density at radius 3 is 2.67 bits per heavy atom. The zero-order chi connectivity index (χ0) is 20.5. The van der Waals surface area contributed by atoms with Crippen LogP contribution in [0, 0.1) is 0 Å². The molecule has 1 amide bonds. The van der Waals surface area contributed by atoms with E-state index < -0.39 is 0 Å². The van der Waals surface area contributed by atoms with Crippen LogP contribution in [-0.4, -0.2) is 52.7 Å². The summed E-state index contributed by atoms with van der Waals surface area (Å²) in [5.74, 6) is 0.133. The number of hydrogen-bond acceptors (Lipinski definition) is 6. The van der Waals surface area contributed by atoms with Crippen LogP contribution in [0.15, 0.2) is 36.5 Å². The number of carbonyl (C=O) groups is 2. The van der Waals surface area contributed by atoms with E-state index in [1.54, 1.807) is 17.5 Å². The highest BCUT2D eigenvalue weighted by Crippen LogP contribution is 2.28. The number of benzene rings is 1. The van der Waals surface area contributed by atoms with E-state index in [0.29, 0.717) is 13.1 Å². The molecular formula is C23H24N4O2S. The van der Waals surface area contributed by atoms with Gasteiger partial charge in [0.2, 0.25) is 5.91 Å². The van der Waals surface area contributed by atoms with Crippen LogP contribution >= 0.6 is 11.3 Å². The van der Waals surface area contributed by atoms with E-state index in [2.05, 4.69) is 20.9 Å². The SMILES string of the molecule is O=C(CCC(=O)N1CCN(c2nc3cccnc3s2)CC1)c1ccc2c(c1)CCC2. The van der Waals surface area contributed by atoms with Crippen LogP contribution in [0.3, 0.4) is 0 Å². The molecule has 0 saturated carbocycles. The number of piperazine rings is 1. The summed E-state index contributed by atoms with van der Waals surface area (Å²) in [4.78, 5) is 39.2. The Balaban J connectivity index is 1.14. The standard InChI is InChI=1S/C23H24N4O2S/c28-20(18-7-6-16-3-1-4-17(16)15-18)8-9-21(29)26-11-13-27(14-12-26)23-25-19-5-2-10-24-22(19)30-23/h2,5-7,10,15H,1,3-4,8-9,11-14H2. The third-order valence-electron chi connectivity index (χ3n) is 6.04. The minimum atomic E-state index is 0.0649. The number of aromatic nitrogens is 2. The van der Waals surface area contributed by atoms with Crippen LogP contribution < -0.4 is 4.90 Å². The molecule has 2 aliphatic rings. The van der Waals surface area contributed by atoms with E-state index in [1.807, 2.05) is 29.2 Å². The highest BCUT2D eigenvalue weighted by Gasteiger charge is 2.24. The number of ketones is 1. The van der Waals surface area contributed by atoms with E-state index in [0.717, 1.165) is 47.0 Å². The Morgan fingerprint density at radius 1 is 1.00 bits per heavy atom. The predicted octanol–water partition coefficient (Wildman–Crippen LogP) is 3.49. The molecular weight excluding hydrogens is 396 g/mol. The molecule has 1 aliphatic carbocycles. The summed E-state index contributed by atoms with van der Waals surface area (Å²) in [6.07, 6.45) is 5.68. The fourth-order valence-corrected chi connectivity index (χ4v) is 5.27. The number of rotatable bonds is 5. The van der Waals surface area contributed by atoms with Crippen molar-refractivity contribution < 1.29 is 9.59 Å². The second kappa shape index (κ2) is 8.14. The molecule has 3 heterocycles. The Bertz CT molecular complexity index is 1070. The molecule has 1 fully saturated rings. The Kier molecular flexibility index (Phi) is 5.21. The molecule has 0 spiro atoms. The first kappa shape index (κ1) is 19.2. The van der Waals surface area contributed by atoms with Crippen LogP contribution in [0.5, 0.6) is 0 Å². The fraction of sp³-hybridized carbons (Fsp3) is 0.391. The first-order chi connectivity index (χ1) is 14.7. The molecule has 1 aliphatic heterocycles. The van der Waals surface area contributed by atoms with Crippen molar-refractivity contribution in [2.24, 2.45) is 0 Å². The van der Waals surface area contributed by atoms with Gasteiger partial charge in [-0.2, -0.15) is 0 Å². The molecule has 0 radical (unpaired) electrons. The molecule has 7 heteroatoms. The molecule has 154 valence electrons. The Labute approximate surface area is 179 Å². The van der Waals surface area contributed by atoms with Gasteiger partial charge in [0.1, 0.15) is 10.3 Å². The topological polar surface area (TPSA) is 66.4 Å². The maximum Gasteiger partial charge on any atom is 0.223 e. The Morgan fingerprint density at radius 2 is 1.83 bits per heavy atom. The summed E-state index contributed by atoms with van der Waals surface area (Å²) in [5, 5.41) is 0.961. The monoisotopic (exact) mass is 420 g/mol. The van der Waals surface area contributed by atoms with Gasteiger partial charge < -0.3 is 9.80 Å². The van der Waals surface area contributed by atoms with Gasteiger partial charge >= 0.3 is 0 Å². The lowest BCUT2D eigenvalue weighted by molar-refractivity contribution is -0.131. The second-order valence-corrected chi connectivity index (χ2v) is 8.91. The maximum absolute atomic E-state index is 12.6. The number of anilines is 1.